The third-order valence-corrected chi connectivity index (χ3v) is 5.31. The number of benzene rings is 1. The van der Waals surface area contributed by atoms with Crippen LogP contribution in [0.25, 0.3) is 0 Å². The zero-order valence-electron chi connectivity index (χ0n) is 12.4. The number of rotatable bonds is 3. The summed E-state index contributed by atoms with van der Waals surface area (Å²) < 4.78 is 0.719. The topological polar surface area (TPSA) is 66.9 Å². The lowest BCUT2D eigenvalue weighted by atomic mass is 9.64. The summed E-state index contributed by atoms with van der Waals surface area (Å²) >= 11 is 3.40. The van der Waals surface area contributed by atoms with E-state index in [-0.39, 0.29) is 11.1 Å². The van der Waals surface area contributed by atoms with Crippen LogP contribution in [-0.2, 0) is 6.42 Å². The summed E-state index contributed by atoms with van der Waals surface area (Å²) in [6.45, 7) is 4.49. The van der Waals surface area contributed by atoms with Crippen LogP contribution in [0.4, 0.5) is 5.69 Å². The van der Waals surface area contributed by atoms with Crippen LogP contribution < -0.4 is 0 Å². The van der Waals surface area contributed by atoms with E-state index in [4.69, 9.17) is 0 Å². The number of non-ortho nitro benzene ring substituents is 1. The molecule has 1 aromatic carbocycles. The van der Waals surface area contributed by atoms with Crippen molar-refractivity contribution in [1.29, 1.82) is 5.26 Å². The van der Waals surface area contributed by atoms with E-state index < -0.39 is 4.92 Å². The molecule has 0 aromatic heterocycles. The Morgan fingerprint density at radius 2 is 1.95 bits per heavy atom. The fraction of sp³-hybridized carbons (Fsp3) is 0.562. The van der Waals surface area contributed by atoms with Crippen molar-refractivity contribution < 1.29 is 4.92 Å². The van der Waals surface area contributed by atoms with Gasteiger partial charge in [-0.25, -0.2) is 0 Å². The molecule has 1 aromatic rings. The molecule has 0 atom stereocenters. The largest absolute Gasteiger partial charge is 0.270 e. The first kappa shape index (κ1) is 16.0. The van der Waals surface area contributed by atoms with Gasteiger partial charge in [-0.2, -0.15) is 5.26 Å². The Kier molecular flexibility index (Phi) is 4.38. The molecule has 0 amide bonds. The van der Waals surface area contributed by atoms with Gasteiger partial charge in [-0.15, -0.1) is 0 Å². The SMILES string of the molecule is CC1(C)CCC(C#N)(Cc2ccc([N+](=O)[O-])cc2Br)CC1. The van der Waals surface area contributed by atoms with Crippen LogP contribution in [0.2, 0.25) is 0 Å². The molecule has 0 unspecified atom stereocenters. The van der Waals surface area contributed by atoms with Gasteiger partial charge in [0.25, 0.3) is 5.69 Å². The van der Waals surface area contributed by atoms with E-state index in [1.807, 2.05) is 0 Å². The summed E-state index contributed by atoms with van der Waals surface area (Å²) in [5.74, 6) is 0. The first-order chi connectivity index (χ1) is 9.77. The minimum absolute atomic E-state index is 0.0708. The molecular weight excluding hydrogens is 332 g/mol. The maximum absolute atomic E-state index is 10.8. The Labute approximate surface area is 133 Å². The molecule has 0 saturated heterocycles. The number of nitrogens with zero attached hydrogens (tertiary/aromatic N) is 2. The van der Waals surface area contributed by atoms with E-state index in [0.717, 1.165) is 35.7 Å². The predicted octanol–water partition coefficient (Wildman–Crippen LogP) is 5.01. The minimum atomic E-state index is -0.405. The number of nitriles is 1. The van der Waals surface area contributed by atoms with Crippen molar-refractivity contribution in [3.8, 4) is 6.07 Å². The summed E-state index contributed by atoms with van der Waals surface area (Å²) in [7, 11) is 0. The van der Waals surface area contributed by atoms with Crippen LogP contribution in [0.3, 0.4) is 0 Å². The van der Waals surface area contributed by atoms with Crippen molar-refractivity contribution in [3.05, 3.63) is 38.3 Å². The average Bonchev–Trinajstić information content (AvgIpc) is 2.43. The van der Waals surface area contributed by atoms with Gasteiger partial charge in [-0.05, 0) is 43.1 Å². The minimum Gasteiger partial charge on any atom is -0.258 e. The lowest BCUT2D eigenvalue weighted by Gasteiger charge is -2.39. The molecule has 1 aliphatic carbocycles. The first-order valence-electron chi connectivity index (χ1n) is 7.11. The third kappa shape index (κ3) is 3.62. The van der Waals surface area contributed by atoms with Crippen molar-refractivity contribution in [2.24, 2.45) is 10.8 Å². The second kappa shape index (κ2) is 5.76. The predicted molar refractivity (Wildman–Crippen MR) is 84.8 cm³/mol. The molecule has 1 saturated carbocycles. The van der Waals surface area contributed by atoms with Crippen LogP contribution in [0.1, 0.15) is 45.1 Å². The van der Waals surface area contributed by atoms with Gasteiger partial charge < -0.3 is 0 Å². The fourth-order valence-electron chi connectivity index (χ4n) is 2.89. The van der Waals surface area contributed by atoms with Gasteiger partial charge >= 0.3 is 0 Å². The zero-order chi connectivity index (χ0) is 15.7. The Hall–Kier alpha value is -1.41. The molecule has 1 aliphatic rings. The Balaban J connectivity index is 2.20. The number of nitro groups is 1. The summed E-state index contributed by atoms with van der Waals surface area (Å²) in [5, 5.41) is 20.4. The molecule has 5 heteroatoms. The van der Waals surface area contributed by atoms with Gasteiger partial charge in [0.1, 0.15) is 0 Å². The van der Waals surface area contributed by atoms with Crippen molar-refractivity contribution >= 4 is 21.6 Å². The van der Waals surface area contributed by atoms with Gasteiger partial charge in [0.15, 0.2) is 0 Å². The molecule has 21 heavy (non-hydrogen) atoms. The first-order valence-corrected chi connectivity index (χ1v) is 7.90. The highest BCUT2D eigenvalue weighted by molar-refractivity contribution is 9.10. The van der Waals surface area contributed by atoms with Crippen LogP contribution in [0, 0.1) is 32.3 Å². The molecule has 112 valence electrons. The number of hydrogen-bond donors (Lipinski definition) is 0. The summed E-state index contributed by atoms with van der Waals surface area (Å²) in [5.41, 5.74) is 1.02. The lowest BCUT2D eigenvalue weighted by Crippen LogP contribution is -2.32. The van der Waals surface area contributed by atoms with Crippen molar-refractivity contribution in [3.63, 3.8) is 0 Å². The second-order valence-electron chi connectivity index (χ2n) is 6.77. The maximum Gasteiger partial charge on any atom is 0.270 e. The molecule has 0 aliphatic heterocycles. The molecule has 0 N–H and O–H groups in total. The maximum atomic E-state index is 10.8. The molecular formula is C16H19BrN2O2. The molecule has 0 bridgehead atoms. The van der Waals surface area contributed by atoms with Gasteiger partial charge in [-0.3, -0.25) is 10.1 Å². The number of nitro benzene ring substituents is 1. The van der Waals surface area contributed by atoms with E-state index in [9.17, 15) is 15.4 Å². The molecule has 0 spiro atoms. The van der Waals surface area contributed by atoms with Gasteiger partial charge in [0.2, 0.25) is 0 Å². The normalized spacial score (nSPS) is 19.7. The smallest absolute Gasteiger partial charge is 0.258 e. The highest BCUT2D eigenvalue weighted by atomic mass is 79.9. The van der Waals surface area contributed by atoms with Crippen LogP contribution in [0.5, 0.6) is 0 Å². The third-order valence-electron chi connectivity index (χ3n) is 4.57. The van der Waals surface area contributed by atoms with Crippen LogP contribution in [0.15, 0.2) is 22.7 Å². The highest BCUT2D eigenvalue weighted by Crippen LogP contribution is 2.47. The Bertz CT molecular complexity index is 595. The summed E-state index contributed by atoms with van der Waals surface area (Å²) in [6, 6.07) is 7.31. The number of halogens is 1. The number of hydrogen-bond acceptors (Lipinski definition) is 3. The van der Waals surface area contributed by atoms with Crippen molar-refractivity contribution in [1.82, 2.24) is 0 Å². The monoisotopic (exact) mass is 350 g/mol. The van der Waals surface area contributed by atoms with E-state index in [2.05, 4.69) is 35.8 Å². The molecule has 0 radical (unpaired) electrons. The summed E-state index contributed by atoms with van der Waals surface area (Å²) in [6.07, 6.45) is 4.52. The quantitative estimate of drug-likeness (QED) is 0.568. The standard InChI is InChI=1S/C16H19BrN2O2/c1-15(2)5-7-16(11-18,8-6-15)10-12-3-4-13(19(20)21)9-14(12)17/h3-4,9H,5-8,10H2,1-2H3. The summed E-state index contributed by atoms with van der Waals surface area (Å²) in [4.78, 5) is 10.4. The van der Waals surface area contributed by atoms with E-state index in [1.165, 1.54) is 12.1 Å². The Morgan fingerprint density at radius 3 is 2.43 bits per heavy atom. The van der Waals surface area contributed by atoms with Gasteiger partial charge in [0.05, 0.1) is 16.4 Å². The van der Waals surface area contributed by atoms with Gasteiger partial charge in [-0.1, -0.05) is 35.8 Å². The van der Waals surface area contributed by atoms with Gasteiger partial charge in [0, 0.05) is 16.6 Å². The zero-order valence-corrected chi connectivity index (χ0v) is 13.9. The van der Waals surface area contributed by atoms with E-state index in [1.54, 1.807) is 6.07 Å². The average molecular weight is 351 g/mol. The Morgan fingerprint density at radius 1 is 1.33 bits per heavy atom. The highest BCUT2D eigenvalue weighted by Gasteiger charge is 2.39. The van der Waals surface area contributed by atoms with E-state index >= 15 is 0 Å². The molecule has 4 nitrogen and oxygen atoms in total. The molecule has 1 fully saturated rings. The molecule has 0 heterocycles. The van der Waals surface area contributed by atoms with Crippen molar-refractivity contribution in [2.45, 2.75) is 46.0 Å². The van der Waals surface area contributed by atoms with Crippen LogP contribution >= 0.6 is 15.9 Å². The van der Waals surface area contributed by atoms with Crippen molar-refractivity contribution in [2.75, 3.05) is 0 Å². The molecule has 2 rings (SSSR count). The lowest BCUT2D eigenvalue weighted by molar-refractivity contribution is -0.384. The second-order valence-corrected chi connectivity index (χ2v) is 7.62. The van der Waals surface area contributed by atoms with Crippen LogP contribution in [-0.4, -0.2) is 4.92 Å². The fourth-order valence-corrected chi connectivity index (χ4v) is 3.40. The van der Waals surface area contributed by atoms with E-state index in [0.29, 0.717) is 11.8 Å².